The number of anilines is 2. The zero-order chi connectivity index (χ0) is 19.2. The van der Waals surface area contributed by atoms with Crippen LogP contribution >= 0.6 is 11.8 Å². The zero-order valence-electron chi connectivity index (χ0n) is 14.5. The Hall–Kier alpha value is -3.13. The highest BCUT2D eigenvalue weighted by Crippen LogP contribution is 2.24. The third-order valence-corrected chi connectivity index (χ3v) is 4.65. The summed E-state index contributed by atoms with van der Waals surface area (Å²) >= 11 is 1.25. The van der Waals surface area contributed by atoms with Crippen molar-refractivity contribution in [1.29, 1.82) is 0 Å². The van der Waals surface area contributed by atoms with Gasteiger partial charge in [-0.15, -0.1) is 11.8 Å². The van der Waals surface area contributed by atoms with Gasteiger partial charge in [0.25, 0.3) is 5.91 Å². The summed E-state index contributed by atoms with van der Waals surface area (Å²) in [6.07, 6.45) is 1.73. The molecule has 1 heterocycles. The lowest BCUT2D eigenvalue weighted by Gasteiger charge is -2.09. The van der Waals surface area contributed by atoms with Gasteiger partial charge in [-0.2, -0.15) is 5.10 Å². The Bertz CT molecular complexity index is 956. The molecule has 0 aliphatic carbocycles. The van der Waals surface area contributed by atoms with E-state index in [9.17, 15) is 14.0 Å². The van der Waals surface area contributed by atoms with E-state index in [2.05, 4.69) is 15.7 Å². The molecular formula is C19H17FN4O2S. The van der Waals surface area contributed by atoms with Gasteiger partial charge in [0.05, 0.1) is 11.3 Å². The van der Waals surface area contributed by atoms with Crippen molar-refractivity contribution in [3.63, 3.8) is 0 Å². The lowest BCUT2D eigenvalue weighted by molar-refractivity contribution is -0.113. The van der Waals surface area contributed by atoms with Crippen molar-refractivity contribution in [3.05, 3.63) is 72.2 Å². The highest BCUT2D eigenvalue weighted by molar-refractivity contribution is 8.00. The molecule has 0 atom stereocenters. The van der Waals surface area contributed by atoms with E-state index in [0.717, 1.165) is 0 Å². The van der Waals surface area contributed by atoms with Crippen LogP contribution in [0.25, 0.3) is 0 Å². The van der Waals surface area contributed by atoms with Crippen molar-refractivity contribution in [2.75, 3.05) is 16.4 Å². The fourth-order valence-electron chi connectivity index (χ4n) is 2.32. The predicted octanol–water partition coefficient (Wildman–Crippen LogP) is 3.54. The summed E-state index contributed by atoms with van der Waals surface area (Å²) in [6, 6.07) is 14.3. The van der Waals surface area contributed by atoms with Gasteiger partial charge < -0.3 is 10.6 Å². The Balaban J connectivity index is 1.62. The Morgan fingerprint density at radius 3 is 2.52 bits per heavy atom. The molecular weight excluding hydrogens is 367 g/mol. The molecule has 0 saturated heterocycles. The molecule has 3 rings (SSSR count). The number of thioether (sulfide) groups is 1. The van der Waals surface area contributed by atoms with Crippen LogP contribution < -0.4 is 10.6 Å². The molecule has 0 unspecified atom stereocenters. The topological polar surface area (TPSA) is 76.0 Å². The maximum Gasteiger partial charge on any atom is 0.257 e. The highest BCUT2D eigenvalue weighted by atomic mass is 32.2. The number of hydrogen-bond acceptors (Lipinski definition) is 4. The average Bonchev–Trinajstić information content (AvgIpc) is 3.07. The van der Waals surface area contributed by atoms with Crippen LogP contribution in [0, 0.1) is 5.82 Å². The molecule has 3 aromatic rings. The van der Waals surface area contributed by atoms with E-state index in [0.29, 0.717) is 22.0 Å². The maximum atomic E-state index is 12.9. The number of nitrogens with one attached hydrogen (secondary N) is 2. The molecule has 2 N–H and O–H groups in total. The largest absolute Gasteiger partial charge is 0.325 e. The summed E-state index contributed by atoms with van der Waals surface area (Å²) in [6.45, 7) is 0. The van der Waals surface area contributed by atoms with Crippen LogP contribution in [0.4, 0.5) is 15.9 Å². The molecule has 0 bridgehead atoms. The van der Waals surface area contributed by atoms with Gasteiger partial charge >= 0.3 is 0 Å². The minimum Gasteiger partial charge on any atom is -0.325 e. The van der Waals surface area contributed by atoms with E-state index in [1.54, 1.807) is 48.3 Å². The number of hydrogen-bond donors (Lipinski definition) is 2. The number of carbonyl (C=O) groups excluding carboxylic acids is 2. The maximum absolute atomic E-state index is 12.9. The first-order valence-corrected chi connectivity index (χ1v) is 9.08. The number of aromatic nitrogens is 2. The van der Waals surface area contributed by atoms with Crippen molar-refractivity contribution >= 4 is 35.1 Å². The smallest absolute Gasteiger partial charge is 0.257 e. The first-order chi connectivity index (χ1) is 13.0. The van der Waals surface area contributed by atoms with Gasteiger partial charge in [-0.3, -0.25) is 14.3 Å². The fraction of sp³-hybridized carbons (Fsp3) is 0.105. The van der Waals surface area contributed by atoms with Crippen molar-refractivity contribution in [1.82, 2.24) is 9.78 Å². The Morgan fingerprint density at radius 2 is 1.81 bits per heavy atom. The number of halogens is 1. The normalized spacial score (nSPS) is 10.4. The third kappa shape index (κ3) is 5.18. The van der Waals surface area contributed by atoms with Crippen molar-refractivity contribution < 1.29 is 14.0 Å². The van der Waals surface area contributed by atoms with E-state index in [-0.39, 0.29) is 23.4 Å². The molecule has 0 spiro atoms. The fourth-order valence-corrected chi connectivity index (χ4v) is 3.17. The molecule has 0 fully saturated rings. The predicted molar refractivity (Wildman–Crippen MR) is 103 cm³/mol. The Labute approximate surface area is 159 Å². The second-order valence-corrected chi connectivity index (χ2v) is 6.69. The van der Waals surface area contributed by atoms with Gasteiger partial charge in [0.2, 0.25) is 5.91 Å². The van der Waals surface area contributed by atoms with E-state index in [1.807, 2.05) is 0 Å². The molecule has 0 saturated carbocycles. The molecule has 0 aliphatic rings. The van der Waals surface area contributed by atoms with Crippen LogP contribution in [0.1, 0.15) is 10.4 Å². The van der Waals surface area contributed by atoms with Crippen LogP contribution in [-0.2, 0) is 11.8 Å². The number of carbonyl (C=O) groups is 2. The lowest BCUT2D eigenvalue weighted by atomic mass is 10.2. The molecule has 2 aromatic carbocycles. The zero-order valence-corrected chi connectivity index (χ0v) is 15.3. The quantitative estimate of drug-likeness (QED) is 0.638. The van der Waals surface area contributed by atoms with Crippen LogP contribution in [0.15, 0.2) is 65.7 Å². The van der Waals surface area contributed by atoms with Crippen LogP contribution in [0.2, 0.25) is 0 Å². The van der Waals surface area contributed by atoms with Gasteiger partial charge in [-0.25, -0.2) is 4.39 Å². The second kappa shape index (κ2) is 8.50. The highest BCUT2D eigenvalue weighted by Gasteiger charge is 2.14. The van der Waals surface area contributed by atoms with Crippen LogP contribution in [-0.4, -0.2) is 27.3 Å². The minimum atomic E-state index is -0.366. The van der Waals surface area contributed by atoms with Crippen LogP contribution in [0.3, 0.4) is 0 Å². The number of nitrogens with zero attached hydrogens (tertiary/aromatic N) is 2. The molecule has 8 heteroatoms. The summed E-state index contributed by atoms with van der Waals surface area (Å²) in [4.78, 5) is 25.3. The molecule has 0 radical (unpaired) electrons. The van der Waals surface area contributed by atoms with Gasteiger partial charge in [0.15, 0.2) is 5.82 Å². The van der Waals surface area contributed by atoms with Gasteiger partial charge in [-0.1, -0.05) is 12.1 Å². The number of benzene rings is 2. The first kappa shape index (κ1) is 18.7. The van der Waals surface area contributed by atoms with Crippen LogP contribution in [0.5, 0.6) is 0 Å². The molecule has 6 nitrogen and oxygen atoms in total. The van der Waals surface area contributed by atoms with E-state index in [4.69, 9.17) is 0 Å². The van der Waals surface area contributed by atoms with Crippen molar-refractivity contribution in [2.45, 2.75) is 4.90 Å². The van der Waals surface area contributed by atoms with E-state index >= 15 is 0 Å². The minimum absolute atomic E-state index is 0.116. The van der Waals surface area contributed by atoms with Gasteiger partial charge in [0.1, 0.15) is 5.82 Å². The first-order valence-electron chi connectivity index (χ1n) is 8.09. The molecule has 138 valence electrons. The summed E-state index contributed by atoms with van der Waals surface area (Å²) in [5.74, 6) is -0.334. The second-order valence-electron chi connectivity index (χ2n) is 5.67. The summed E-state index contributed by atoms with van der Waals surface area (Å²) < 4.78 is 14.5. The van der Waals surface area contributed by atoms with Crippen molar-refractivity contribution in [2.24, 2.45) is 7.05 Å². The summed E-state index contributed by atoms with van der Waals surface area (Å²) in [7, 11) is 1.76. The molecule has 0 aliphatic heterocycles. The van der Waals surface area contributed by atoms with Crippen molar-refractivity contribution in [3.8, 4) is 0 Å². The Morgan fingerprint density at radius 1 is 1.07 bits per heavy atom. The molecule has 2 amide bonds. The van der Waals surface area contributed by atoms with Gasteiger partial charge in [0, 0.05) is 29.9 Å². The third-order valence-electron chi connectivity index (χ3n) is 3.57. The summed E-state index contributed by atoms with van der Waals surface area (Å²) in [5.41, 5.74) is 0.978. The van der Waals surface area contributed by atoms with E-state index < -0.39 is 0 Å². The molecule has 1 aromatic heterocycles. The number of aryl methyl sites for hydroxylation is 1. The average molecular weight is 384 g/mol. The monoisotopic (exact) mass is 384 g/mol. The van der Waals surface area contributed by atoms with Gasteiger partial charge in [-0.05, 0) is 36.4 Å². The number of amides is 2. The molecule has 27 heavy (non-hydrogen) atoms. The Kier molecular flexibility index (Phi) is 5.87. The lowest BCUT2D eigenvalue weighted by Crippen LogP contribution is -2.16. The van der Waals surface area contributed by atoms with E-state index in [1.165, 1.54) is 36.0 Å². The summed E-state index contributed by atoms with van der Waals surface area (Å²) in [5, 5.41) is 9.54. The number of rotatable bonds is 6. The standard InChI is InChI=1S/C19H17FN4O2S/c1-24-11-10-17(23-24)22-19(26)15-4-2-3-5-16(15)27-12-18(25)21-14-8-6-13(20)7-9-14/h2-11H,12H2,1H3,(H,21,25)(H,22,23,26). The SMILES string of the molecule is Cn1ccc(NC(=O)c2ccccc2SCC(=O)Nc2ccc(F)cc2)n1.